The highest BCUT2D eigenvalue weighted by Gasteiger charge is 2.31. The summed E-state index contributed by atoms with van der Waals surface area (Å²) in [7, 11) is 3.87. The molecule has 1 saturated heterocycles. The van der Waals surface area contributed by atoms with E-state index in [1.807, 2.05) is 42.5 Å². The molecule has 2 heterocycles. The van der Waals surface area contributed by atoms with Crippen molar-refractivity contribution in [2.45, 2.75) is 12.6 Å². The van der Waals surface area contributed by atoms with Crippen molar-refractivity contribution in [1.82, 2.24) is 15.1 Å². The molecule has 1 N–H and O–H groups in total. The molecule has 6 nitrogen and oxygen atoms in total. The Morgan fingerprint density at radius 2 is 1.87 bits per heavy atom. The first-order valence-electron chi connectivity index (χ1n) is 10.4. The molecule has 0 bridgehead atoms. The molecule has 2 aliphatic heterocycles. The topological polar surface area (TPSA) is 51.2 Å². The van der Waals surface area contributed by atoms with E-state index < -0.39 is 6.17 Å². The number of rotatable bonds is 2. The quantitative estimate of drug-likeness (QED) is 0.705. The van der Waals surface area contributed by atoms with Gasteiger partial charge in [-0.2, -0.15) is 0 Å². The van der Waals surface area contributed by atoms with Gasteiger partial charge in [-0.3, -0.25) is 4.79 Å². The molecule has 1 amide bonds. The van der Waals surface area contributed by atoms with Crippen LogP contribution in [0, 0.1) is 0 Å². The number of nitrogens with one attached hydrogen (secondary N) is 1. The molecule has 2 aliphatic rings. The number of fused-ring (bicyclic) bond motifs is 1. The first-order valence-corrected chi connectivity index (χ1v) is 11.2. The fourth-order valence-corrected chi connectivity index (χ4v) is 4.39. The summed E-state index contributed by atoms with van der Waals surface area (Å²) in [4.78, 5) is 24.3. The van der Waals surface area contributed by atoms with Crippen LogP contribution in [0.15, 0.2) is 53.5 Å². The van der Waals surface area contributed by atoms with Gasteiger partial charge in [0.2, 0.25) is 6.17 Å². The van der Waals surface area contributed by atoms with Crippen molar-refractivity contribution in [3.63, 3.8) is 0 Å². The Balaban J connectivity index is 1.70. The fourth-order valence-electron chi connectivity index (χ4n) is 3.92. The van der Waals surface area contributed by atoms with Gasteiger partial charge in [-0.25, -0.2) is 4.99 Å². The molecular weight excluding hydrogens is 430 g/mol. The molecule has 2 aromatic carbocycles. The smallest absolute Gasteiger partial charge is 0.272 e. The Hall–Kier alpha value is -2.48. The molecule has 31 heavy (non-hydrogen) atoms. The zero-order valence-corrected chi connectivity index (χ0v) is 19.3. The van der Waals surface area contributed by atoms with Gasteiger partial charge in [0.05, 0.1) is 11.4 Å². The van der Waals surface area contributed by atoms with E-state index in [4.69, 9.17) is 28.8 Å². The normalized spacial score (nSPS) is 19.9. The second kappa shape index (κ2) is 9.34. The number of hydrogen-bond donors (Lipinski definition) is 1. The van der Waals surface area contributed by atoms with Crippen LogP contribution in [-0.4, -0.2) is 73.0 Å². The predicted molar refractivity (Wildman–Crippen MR) is 130 cm³/mol. The zero-order valence-electron chi connectivity index (χ0n) is 17.7. The van der Waals surface area contributed by atoms with Crippen LogP contribution in [0.1, 0.15) is 17.5 Å². The van der Waals surface area contributed by atoms with Crippen molar-refractivity contribution in [2.75, 3.05) is 45.2 Å². The summed E-state index contributed by atoms with van der Waals surface area (Å²) >= 11 is 12.0. The summed E-state index contributed by atoms with van der Waals surface area (Å²) in [6, 6.07) is 15.4. The molecule has 0 radical (unpaired) electrons. The third kappa shape index (κ3) is 4.74. The highest BCUT2D eigenvalue weighted by molar-refractivity contribution is 7.80. The Kier molecular flexibility index (Phi) is 6.55. The maximum atomic E-state index is 13.3. The monoisotopic (exact) mass is 455 g/mol. The van der Waals surface area contributed by atoms with Crippen molar-refractivity contribution in [3.05, 3.63) is 64.7 Å². The fraction of sp³-hybridized carbons (Fsp3) is 0.348. The molecule has 0 aromatic heterocycles. The standard InChI is InChI=1S/C23H26ClN5OS/c1-27-11-6-12-29(14-13-27)23(31)26-21-22(30)28(2)19-10-9-17(24)15-18(19)20(25-21)16-7-4-3-5-8-16/h3-5,7-10,15,21H,6,11-14H2,1-2H3,(H,26,31). The second-order valence-electron chi connectivity index (χ2n) is 7.90. The van der Waals surface area contributed by atoms with Gasteiger partial charge in [-0.05, 0) is 50.4 Å². The number of hydrogen-bond acceptors (Lipinski definition) is 4. The highest BCUT2D eigenvalue weighted by Crippen LogP contribution is 2.29. The molecule has 0 aliphatic carbocycles. The van der Waals surface area contributed by atoms with E-state index in [2.05, 4.69) is 22.2 Å². The molecular formula is C23H26ClN5OS. The lowest BCUT2D eigenvalue weighted by atomic mass is 10.0. The molecule has 1 unspecified atom stereocenters. The molecule has 2 aromatic rings. The van der Waals surface area contributed by atoms with Crippen LogP contribution in [0.4, 0.5) is 5.69 Å². The average molecular weight is 456 g/mol. The lowest BCUT2D eigenvalue weighted by Gasteiger charge is -2.27. The Morgan fingerprint density at radius 1 is 1.10 bits per heavy atom. The number of carbonyl (C=O) groups is 1. The van der Waals surface area contributed by atoms with Gasteiger partial charge in [-0.15, -0.1) is 0 Å². The summed E-state index contributed by atoms with van der Waals surface area (Å²) in [6.07, 6.45) is 0.208. The van der Waals surface area contributed by atoms with Crippen molar-refractivity contribution in [3.8, 4) is 0 Å². The molecule has 0 saturated carbocycles. The van der Waals surface area contributed by atoms with Crippen LogP contribution < -0.4 is 10.2 Å². The van der Waals surface area contributed by atoms with Crippen LogP contribution in [0.5, 0.6) is 0 Å². The first kappa shape index (κ1) is 21.7. The van der Waals surface area contributed by atoms with E-state index in [9.17, 15) is 4.79 Å². The maximum Gasteiger partial charge on any atom is 0.272 e. The number of amides is 1. The van der Waals surface area contributed by atoms with Crippen LogP contribution >= 0.6 is 23.8 Å². The second-order valence-corrected chi connectivity index (χ2v) is 8.72. The van der Waals surface area contributed by atoms with E-state index in [0.29, 0.717) is 15.8 Å². The number of benzodiazepines with no additional fused rings is 1. The summed E-state index contributed by atoms with van der Waals surface area (Å²) < 4.78 is 0. The molecule has 4 rings (SSSR count). The largest absolute Gasteiger partial charge is 0.348 e. The molecule has 1 atom stereocenters. The van der Waals surface area contributed by atoms with Crippen molar-refractivity contribution in [1.29, 1.82) is 0 Å². The maximum absolute atomic E-state index is 13.3. The van der Waals surface area contributed by atoms with Crippen molar-refractivity contribution in [2.24, 2.45) is 4.99 Å². The van der Waals surface area contributed by atoms with Gasteiger partial charge < -0.3 is 20.0 Å². The number of anilines is 1. The van der Waals surface area contributed by atoms with Gasteiger partial charge in [0.25, 0.3) is 5.91 Å². The number of likely N-dealkylation sites (N-methyl/N-ethyl adjacent to an activating group) is 2. The molecule has 1 fully saturated rings. The van der Waals surface area contributed by atoms with Gasteiger partial charge in [0.1, 0.15) is 0 Å². The number of halogens is 1. The predicted octanol–water partition coefficient (Wildman–Crippen LogP) is 2.99. The summed E-state index contributed by atoms with van der Waals surface area (Å²) in [5.74, 6) is -0.163. The van der Waals surface area contributed by atoms with Gasteiger partial charge in [0, 0.05) is 42.8 Å². The van der Waals surface area contributed by atoms with E-state index in [0.717, 1.165) is 49.4 Å². The zero-order chi connectivity index (χ0) is 22.0. The number of carbonyl (C=O) groups excluding carboxylic acids is 1. The number of benzene rings is 2. The van der Waals surface area contributed by atoms with Crippen LogP contribution in [0.25, 0.3) is 0 Å². The third-order valence-corrected chi connectivity index (χ3v) is 6.32. The number of thiocarbonyl (C=S) groups is 1. The van der Waals surface area contributed by atoms with Gasteiger partial charge in [0.15, 0.2) is 5.11 Å². The Bertz CT molecular complexity index is 1010. The van der Waals surface area contributed by atoms with E-state index in [1.165, 1.54) is 0 Å². The van der Waals surface area contributed by atoms with E-state index in [-0.39, 0.29) is 5.91 Å². The SMILES string of the molecule is CN1CCCN(C(=S)NC2N=C(c3ccccc3)c3cc(Cl)ccc3N(C)C2=O)CC1. The van der Waals surface area contributed by atoms with Crippen molar-refractivity contribution < 1.29 is 4.79 Å². The summed E-state index contributed by atoms with van der Waals surface area (Å²) in [5.41, 5.74) is 3.22. The van der Waals surface area contributed by atoms with Crippen LogP contribution in [0.3, 0.4) is 0 Å². The molecule has 162 valence electrons. The van der Waals surface area contributed by atoms with Gasteiger partial charge >= 0.3 is 0 Å². The first-order chi connectivity index (χ1) is 14.9. The minimum Gasteiger partial charge on any atom is -0.348 e. The summed E-state index contributed by atoms with van der Waals surface area (Å²) in [5, 5.41) is 4.38. The van der Waals surface area contributed by atoms with Gasteiger partial charge in [-0.1, -0.05) is 41.9 Å². The lowest BCUT2D eigenvalue weighted by Crippen LogP contribution is -2.51. The van der Waals surface area contributed by atoms with Crippen LogP contribution in [-0.2, 0) is 4.79 Å². The minimum absolute atomic E-state index is 0.163. The Labute approximate surface area is 193 Å². The number of aliphatic imine (C=N–C) groups is 1. The van der Waals surface area contributed by atoms with E-state index in [1.54, 1.807) is 18.0 Å². The average Bonchev–Trinajstić information content (AvgIpc) is 3.05. The van der Waals surface area contributed by atoms with Crippen molar-refractivity contribution >= 4 is 46.2 Å². The Morgan fingerprint density at radius 3 is 2.65 bits per heavy atom. The molecule has 8 heteroatoms. The lowest BCUT2D eigenvalue weighted by molar-refractivity contribution is -0.119. The van der Waals surface area contributed by atoms with Crippen LogP contribution in [0.2, 0.25) is 5.02 Å². The number of nitrogens with zero attached hydrogens (tertiary/aromatic N) is 4. The molecule has 0 spiro atoms. The third-order valence-electron chi connectivity index (χ3n) is 5.71. The summed E-state index contributed by atoms with van der Waals surface area (Å²) in [6.45, 7) is 3.65. The highest BCUT2D eigenvalue weighted by atomic mass is 35.5. The van der Waals surface area contributed by atoms with E-state index >= 15 is 0 Å². The minimum atomic E-state index is -0.820.